The normalized spacial score (nSPS) is 11.4. The molecule has 0 bridgehead atoms. The van der Waals surface area contributed by atoms with Gasteiger partial charge < -0.3 is 10.1 Å². The summed E-state index contributed by atoms with van der Waals surface area (Å²) in [4.78, 5) is 0.270. The van der Waals surface area contributed by atoms with E-state index in [0.717, 1.165) is 16.9 Å². The van der Waals surface area contributed by atoms with Crippen LogP contribution in [0.15, 0.2) is 53.4 Å². The number of rotatable bonds is 7. The molecule has 0 aliphatic heterocycles. The highest BCUT2D eigenvalue weighted by Crippen LogP contribution is 2.17. The van der Waals surface area contributed by atoms with Crippen molar-refractivity contribution in [2.45, 2.75) is 18.0 Å². The topological polar surface area (TPSA) is 67.4 Å². The predicted octanol–water partition coefficient (Wildman–Crippen LogP) is 1.89. The number of nitrogens with one attached hydrogen (secondary N) is 2. The molecule has 6 heteroatoms. The number of hydrogen-bond donors (Lipinski definition) is 2. The van der Waals surface area contributed by atoms with Crippen molar-refractivity contribution in [2.75, 3.05) is 14.2 Å². The van der Waals surface area contributed by atoms with E-state index in [-0.39, 0.29) is 4.90 Å². The second kappa shape index (κ2) is 7.40. The van der Waals surface area contributed by atoms with Crippen molar-refractivity contribution in [3.63, 3.8) is 0 Å². The van der Waals surface area contributed by atoms with Gasteiger partial charge in [0, 0.05) is 18.7 Å². The smallest absolute Gasteiger partial charge is 0.240 e. The highest BCUT2D eigenvalue weighted by Gasteiger charge is 2.11. The standard InChI is InChI=1S/C16H20N2O3S/c1-17-22(19,20)15-8-5-6-13(10-15)11-18-12-14-7-3-4-9-16(14)21-2/h3-10,17-18H,11-12H2,1-2H3. The van der Waals surface area contributed by atoms with Gasteiger partial charge in [-0.05, 0) is 30.8 Å². The number of hydrogen-bond acceptors (Lipinski definition) is 4. The SMILES string of the molecule is CNS(=O)(=O)c1cccc(CNCc2ccccc2OC)c1. The molecule has 2 aromatic rings. The zero-order valence-electron chi connectivity index (χ0n) is 12.7. The first kappa shape index (κ1) is 16.5. The van der Waals surface area contributed by atoms with Gasteiger partial charge in [-0.25, -0.2) is 13.1 Å². The Bertz CT molecular complexity index is 730. The third-order valence-electron chi connectivity index (χ3n) is 3.31. The molecule has 0 unspecified atom stereocenters. The average molecular weight is 320 g/mol. The summed E-state index contributed by atoms with van der Waals surface area (Å²) >= 11 is 0. The zero-order valence-corrected chi connectivity index (χ0v) is 13.5. The van der Waals surface area contributed by atoms with E-state index in [0.29, 0.717) is 13.1 Å². The minimum atomic E-state index is -3.41. The van der Waals surface area contributed by atoms with Gasteiger partial charge in [0.2, 0.25) is 10.0 Å². The maximum Gasteiger partial charge on any atom is 0.240 e. The van der Waals surface area contributed by atoms with Gasteiger partial charge in [-0.1, -0.05) is 30.3 Å². The van der Waals surface area contributed by atoms with Crippen molar-refractivity contribution >= 4 is 10.0 Å². The first-order valence-electron chi connectivity index (χ1n) is 6.92. The minimum absolute atomic E-state index is 0.270. The molecule has 118 valence electrons. The van der Waals surface area contributed by atoms with E-state index in [1.165, 1.54) is 7.05 Å². The van der Waals surface area contributed by atoms with Crippen LogP contribution >= 0.6 is 0 Å². The molecule has 22 heavy (non-hydrogen) atoms. The van der Waals surface area contributed by atoms with Gasteiger partial charge in [0.25, 0.3) is 0 Å². The summed E-state index contributed by atoms with van der Waals surface area (Å²) in [5.41, 5.74) is 1.97. The number of para-hydroxylation sites is 1. The first-order chi connectivity index (χ1) is 10.6. The fourth-order valence-electron chi connectivity index (χ4n) is 2.13. The fourth-order valence-corrected chi connectivity index (χ4v) is 2.93. The monoisotopic (exact) mass is 320 g/mol. The van der Waals surface area contributed by atoms with E-state index in [4.69, 9.17) is 4.74 Å². The predicted molar refractivity (Wildman–Crippen MR) is 86.2 cm³/mol. The Kier molecular flexibility index (Phi) is 5.54. The summed E-state index contributed by atoms with van der Waals surface area (Å²) in [6.07, 6.45) is 0. The number of sulfonamides is 1. The van der Waals surface area contributed by atoms with Gasteiger partial charge in [0.05, 0.1) is 12.0 Å². The van der Waals surface area contributed by atoms with Crippen LogP contribution in [0, 0.1) is 0 Å². The quantitative estimate of drug-likeness (QED) is 0.817. The second-order valence-corrected chi connectivity index (χ2v) is 6.66. The van der Waals surface area contributed by atoms with Crippen LogP contribution in [-0.4, -0.2) is 22.6 Å². The van der Waals surface area contributed by atoms with Crippen LogP contribution < -0.4 is 14.8 Å². The average Bonchev–Trinajstić information content (AvgIpc) is 2.55. The van der Waals surface area contributed by atoms with Crippen LogP contribution in [0.4, 0.5) is 0 Å². The molecule has 0 fully saturated rings. The molecule has 2 rings (SSSR count). The molecule has 0 radical (unpaired) electrons. The highest BCUT2D eigenvalue weighted by molar-refractivity contribution is 7.89. The van der Waals surface area contributed by atoms with Crippen LogP contribution in [0.25, 0.3) is 0 Å². The first-order valence-corrected chi connectivity index (χ1v) is 8.40. The lowest BCUT2D eigenvalue weighted by molar-refractivity contribution is 0.407. The van der Waals surface area contributed by atoms with Gasteiger partial charge in [-0.15, -0.1) is 0 Å². The van der Waals surface area contributed by atoms with Crippen molar-refractivity contribution in [1.82, 2.24) is 10.0 Å². The van der Waals surface area contributed by atoms with E-state index in [2.05, 4.69) is 10.0 Å². The summed E-state index contributed by atoms with van der Waals surface area (Å²) in [6, 6.07) is 14.7. The molecule has 0 amide bonds. The Morgan fingerprint density at radius 3 is 2.55 bits per heavy atom. The van der Waals surface area contributed by atoms with Crippen LogP contribution in [0.3, 0.4) is 0 Å². The largest absolute Gasteiger partial charge is 0.496 e. The molecule has 0 saturated carbocycles. The Balaban J connectivity index is 2.02. The van der Waals surface area contributed by atoms with Crippen LogP contribution in [0.1, 0.15) is 11.1 Å². The Labute approximate surface area is 131 Å². The van der Waals surface area contributed by atoms with Crippen molar-refractivity contribution < 1.29 is 13.2 Å². The van der Waals surface area contributed by atoms with Gasteiger partial charge in [0.15, 0.2) is 0 Å². The Hall–Kier alpha value is -1.89. The Morgan fingerprint density at radius 2 is 1.82 bits per heavy atom. The molecule has 5 nitrogen and oxygen atoms in total. The maximum atomic E-state index is 11.8. The minimum Gasteiger partial charge on any atom is -0.496 e. The second-order valence-electron chi connectivity index (χ2n) is 4.77. The van der Waals surface area contributed by atoms with Crippen LogP contribution in [0.2, 0.25) is 0 Å². The molecular weight excluding hydrogens is 300 g/mol. The third kappa shape index (κ3) is 4.07. The molecule has 0 aliphatic carbocycles. The molecule has 0 saturated heterocycles. The molecule has 0 atom stereocenters. The summed E-state index contributed by atoms with van der Waals surface area (Å²) in [6.45, 7) is 1.22. The van der Waals surface area contributed by atoms with Crippen LogP contribution in [-0.2, 0) is 23.1 Å². The van der Waals surface area contributed by atoms with E-state index in [1.807, 2.05) is 30.3 Å². The van der Waals surface area contributed by atoms with Crippen molar-refractivity contribution in [3.8, 4) is 5.75 Å². The number of benzene rings is 2. The molecule has 0 aromatic heterocycles. The lowest BCUT2D eigenvalue weighted by atomic mass is 10.2. The lowest BCUT2D eigenvalue weighted by Gasteiger charge is -2.10. The Morgan fingerprint density at radius 1 is 1.05 bits per heavy atom. The molecule has 2 aromatic carbocycles. The van der Waals surface area contributed by atoms with Crippen molar-refractivity contribution in [2.24, 2.45) is 0 Å². The zero-order chi connectivity index (χ0) is 16.0. The number of methoxy groups -OCH3 is 1. The summed E-state index contributed by atoms with van der Waals surface area (Å²) in [7, 11) is -0.358. The van der Waals surface area contributed by atoms with Gasteiger partial charge in [-0.3, -0.25) is 0 Å². The maximum absolute atomic E-state index is 11.8. The summed E-state index contributed by atoms with van der Waals surface area (Å²) in [5.74, 6) is 0.835. The van der Waals surface area contributed by atoms with Crippen LogP contribution in [0.5, 0.6) is 5.75 Å². The van der Waals surface area contributed by atoms with Gasteiger partial charge >= 0.3 is 0 Å². The molecule has 0 heterocycles. The van der Waals surface area contributed by atoms with E-state index in [1.54, 1.807) is 25.3 Å². The van der Waals surface area contributed by atoms with Crippen molar-refractivity contribution in [3.05, 3.63) is 59.7 Å². The molecule has 0 spiro atoms. The summed E-state index contributed by atoms with van der Waals surface area (Å²) in [5, 5.41) is 3.29. The molecule has 2 N–H and O–H groups in total. The van der Waals surface area contributed by atoms with Gasteiger partial charge in [0.1, 0.15) is 5.75 Å². The number of ether oxygens (including phenoxy) is 1. The van der Waals surface area contributed by atoms with E-state index >= 15 is 0 Å². The van der Waals surface area contributed by atoms with Crippen molar-refractivity contribution in [1.29, 1.82) is 0 Å². The molecule has 0 aliphatic rings. The fraction of sp³-hybridized carbons (Fsp3) is 0.250. The highest BCUT2D eigenvalue weighted by atomic mass is 32.2. The lowest BCUT2D eigenvalue weighted by Crippen LogP contribution is -2.19. The van der Waals surface area contributed by atoms with E-state index in [9.17, 15) is 8.42 Å². The van der Waals surface area contributed by atoms with E-state index < -0.39 is 10.0 Å². The van der Waals surface area contributed by atoms with Gasteiger partial charge in [-0.2, -0.15) is 0 Å². The summed E-state index contributed by atoms with van der Waals surface area (Å²) < 4.78 is 31.2. The molecular formula is C16H20N2O3S. The third-order valence-corrected chi connectivity index (χ3v) is 4.73.